The van der Waals surface area contributed by atoms with Crippen molar-refractivity contribution in [2.45, 2.75) is 19.0 Å². The third-order valence-corrected chi connectivity index (χ3v) is 2.94. The van der Waals surface area contributed by atoms with Crippen LogP contribution in [0.4, 0.5) is 0 Å². The molecule has 0 radical (unpaired) electrons. The highest BCUT2D eigenvalue weighted by Crippen LogP contribution is 2.21. The molecule has 1 heterocycles. The van der Waals surface area contributed by atoms with E-state index in [1.54, 1.807) is 19.1 Å². The highest BCUT2D eigenvalue weighted by atomic mass is 16.5. The normalized spacial score (nSPS) is 20.6. The second-order valence-corrected chi connectivity index (χ2v) is 4.32. The van der Waals surface area contributed by atoms with Crippen LogP contribution in [-0.4, -0.2) is 41.4 Å². The average molecular weight is 279 g/mol. The summed E-state index contributed by atoms with van der Waals surface area (Å²) in [6, 6.07) is 7.55. The molecule has 7 heteroatoms. The van der Waals surface area contributed by atoms with E-state index in [0.29, 0.717) is 0 Å². The molecule has 20 heavy (non-hydrogen) atoms. The number of aliphatic carboxylic acids is 1. The van der Waals surface area contributed by atoms with Crippen molar-refractivity contribution in [2.24, 2.45) is 0 Å². The molecule has 1 aromatic carbocycles. The van der Waals surface area contributed by atoms with Crippen LogP contribution in [0.3, 0.4) is 0 Å². The molecule has 0 spiro atoms. The molecule has 1 saturated heterocycles. The van der Waals surface area contributed by atoms with Gasteiger partial charge < -0.3 is 9.84 Å². The Labute approximate surface area is 116 Å². The van der Waals surface area contributed by atoms with Gasteiger partial charge in [-0.2, -0.15) is 5.12 Å². The number of hydrogen-bond donors (Lipinski definition) is 3. The van der Waals surface area contributed by atoms with Crippen molar-refractivity contribution in [3.8, 4) is 0 Å². The summed E-state index contributed by atoms with van der Waals surface area (Å²) in [5, 5.41) is 10.4. The van der Waals surface area contributed by atoms with Gasteiger partial charge in [0.05, 0.1) is 6.61 Å². The number of carboxylic acid groups (broad SMARTS) is 1. The second-order valence-electron chi connectivity index (χ2n) is 4.32. The van der Waals surface area contributed by atoms with Crippen molar-refractivity contribution in [3.63, 3.8) is 0 Å². The Balaban J connectivity index is 2.20. The van der Waals surface area contributed by atoms with Crippen LogP contribution in [0.1, 0.15) is 18.5 Å². The van der Waals surface area contributed by atoms with E-state index in [4.69, 9.17) is 9.84 Å². The number of carbonyl (C=O) groups is 2. The molecule has 2 rings (SSSR count). The van der Waals surface area contributed by atoms with Gasteiger partial charge in [-0.1, -0.05) is 30.3 Å². The molecule has 108 valence electrons. The first-order chi connectivity index (χ1) is 9.63. The van der Waals surface area contributed by atoms with Gasteiger partial charge >= 0.3 is 11.9 Å². The topological polar surface area (TPSA) is 90.9 Å². The Hall–Kier alpha value is -1.96. The van der Waals surface area contributed by atoms with Gasteiger partial charge in [0.25, 0.3) is 0 Å². The number of hydrogen-bond acceptors (Lipinski definition) is 6. The molecule has 7 nitrogen and oxygen atoms in total. The first-order valence-corrected chi connectivity index (χ1v) is 6.36. The number of rotatable bonds is 5. The van der Waals surface area contributed by atoms with Gasteiger partial charge in [0, 0.05) is 6.54 Å². The maximum atomic E-state index is 12.1. The molecule has 0 saturated carbocycles. The molecular formula is C13H17N3O4. The zero-order valence-electron chi connectivity index (χ0n) is 11.1. The van der Waals surface area contributed by atoms with Gasteiger partial charge in [0.2, 0.25) is 0 Å². The van der Waals surface area contributed by atoms with Crippen molar-refractivity contribution < 1.29 is 19.4 Å². The minimum atomic E-state index is -0.976. The smallest absolute Gasteiger partial charge is 0.330 e. The van der Waals surface area contributed by atoms with E-state index < -0.39 is 24.0 Å². The fourth-order valence-electron chi connectivity index (χ4n) is 2.00. The van der Waals surface area contributed by atoms with Crippen LogP contribution in [0.5, 0.6) is 0 Å². The van der Waals surface area contributed by atoms with Gasteiger partial charge in [-0.15, -0.1) is 0 Å². The van der Waals surface area contributed by atoms with Gasteiger partial charge in [-0.05, 0) is 12.5 Å². The summed E-state index contributed by atoms with van der Waals surface area (Å²) in [4.78, 5) is 23.1. The van der Waals surface area contributed by atoms with Gasteiger partial charge in [-0.3, -0.25) is 4.79 Å². The standard InChI is InChI=1S/C13H17N3O4/c1-2-20-13(19)11(9-6-4-3-5-7-9)16-14-8-10(15-16)12(17)18/h3-7,10-11,14-15H,2,8H2,1H3,(H,17,18). The molecular weight excluding hydrogens is 262 g/mol. The van der Waals surface area contributed by atoms with E-state index in [0.717, 1.165) is 5.56 Å². The van der Waals surface area contributed by atoms with Crippen LogP contribution >= 0.6 is 0 Å². The lowest BCUT2D eigenvalue weighted by molar-refractivity contribution is -0.153. The minimum Gasteiger partial charge on any atom is -0.480 e. The predicted octanol–water partition coefficient (Wildman–Crippen LogP) is 0.0688. The lowest BCUT2D eigenvalue weighted by atomic mass is 10.1. The van der Waals surface area contributed by atoms with Crippen LogP contribution in [0.2, 0.25) is 0 Å². The molecule has 0 bridgehead atoms. The van der Waals surface area contributed by atoms with Crippen LogP contribution in [-0.2, 0) is 14.3 Å². The number of nitrogens with one attached hydrogen (secondary N) is 2. The highest BCUT2D eigenvalue weighted by Gasteiger charge is 2.36. The number of nitrogens with zero attached hydrogens (tertiary/aromatic N) is 1. The zero-order chi connectivity index (χ0) is 14.5. The molecule has 2 atom stereocenters. The summed E-state index contributed by atoms with van der Waals surface area (Å²) in [6.45, 7) is 2.20. The van der Waals surface area contributed by atoms with Crippen molar-refractivity contribution in [1.82, 2.24) is 16.0 Å². The van der Waals surface area contributed by atoms with E-state index >= 15 is 0 Å². The minimum absolute atomic E-state index is 0.206. The van der Waals surface area contributed by atoms with Crippen LogP contribution in [0.25, 0.3) is 0 Å². The summed E-state index contributed by atoms with van der Waals surface area (Å²) < 4.78 is 5.06. The average Bonchev–Trinajstić information content (AvgIpc) is 2.90. The summed E-state index contributed by atoms with van der Waals surface area (Å²) >= 11 is 0. The van der Waals surface area contributed by atoms with Crippen LogP contribution in [0.15, 0.2) is 30.3 Å². The molecule has 3 N–H and O–H groups in total. The Bertz CT molecular complexity index is 480. The molecule has 1 fully saturated rings. The lowest BCUT2D eigenvalue weighted by Crippen LogP contribution is -2.47. The van der Waals surface area contributed by atoms with Gasteiger partial charge in [0.1, 0.15) is 6.04 Å². The lowest BCUT2D eigenvalue weighted by Gasteiger charge is -2.25. The quantitative estimate of drug-likeness (QED) is 0.657. The molecule has 2 unspecified atom stereocenters. The monoisotopic (exact) mass is 279 g/mol. The summed E-state index contributed by atoms with van der Waals surface area (Å²) in [6.07, 6.45) is 0. The Morgan fingerprint density at radius 2 is 2.15 bits per heavy atom. The number of carboxylic acids is 1. The first-order valence-electron chi connectivity index (χ1n) is 6.36. The van der Waals surface area contributed by atoms with Crippen LogP contribution in [0, 0.1) is 0 Å². The number of hydrazine groups is 2. The first kappa shape index (κ1) is 14.4. The number of esters is 1. The van der Waals surface area contributed by atoms with E-state index in [2.05, 4.69) is 10.9 Å². The summed E-state index contributed by atoms with van der Waals surface area (Å²) in [5.74, 6) is -1.42. The third-order valence-electron chi connectivity index (χ3n) is 2.94. The maximum absolute atomic E-state index is 12.1. The van der Waals surface area contributed by atoms with Gasteiger partial charge in [-0.25, -0.2) is 15.6 Å². The van der Waals surface area contributed by atoms with E-state index in [1.807, 2.05) is 18.2 Å². The fourth-order valence-corrected chi connectivity index (χ4v) is 2.00. The molecule has 1 aromatic rings. The van der Waals surface area contributed by atoms with E-state index in [9.17, 15) is 9.59 Å². The molecule has 1 aliphatic rings. The Morgan fingerprint density at radius 3 is 2.70 bits per heavy atom. The van der Waals surface area contributed by atoms with Gasteiger partial charge in [0.15, 0.2) is 6.04 Å². The van der Waals surface area contributed by atoms with Crippen molar-refractivity contribution in [3.05, 3.63) is 35.9 Å². The highest BCUT2D eigenvalue weighted by molar-refractivity contribution is 5.78. The summed E-state index contributed by atoms with van der Waals surface area (Å²) in [7, 11) is 0. The van der Waals surface area contributed by atoms with Crippen molar-refractivity contribution >= 4 is 11.9 Å². The number of carbonyl (C=O) groups excluding carboxylic acids is 1. The zero-order valence-corrected chi connectivity index (χ0v) is 11.1. The van der Waals surface area contributed by atoms with Crippen LogP contribution < -0.4 is 10.9 Å². The third kappa shape index (κ3) is 3.13. The molecule has 0 amide bonds. The van der Waals surface area contributed by atoms with E-state index in [1.165, 1.54) is 5.12 Å². The molecule has 0 aliphatic carbocycles. The predicted molar refractivity (Wildman–Crippen MR) is 70.2 cm³/mol. The summed E-state index contributed by atoms with van der Waals surface area (Å²) in [5.41, 5.74) is 6.34. The molecule has 0 aromatic heterocycles. The van der Waals surface area contributed by atoms with Crippen molar-refractivity contribution in [1.29, 1.82) is 0 Å². The maximum Gasteiger partial charge on any atom is 0.330 e. The SMILES string of the molecule is CCOC(=O)C(c1ccccc1)N1NCC(C(=O)O)N1. The van der Waals surface area contributed by atoms with E-state index in [-0.39, 0.29) is 13.2 Å². The van der Waals surface area contributed by atoms with Crippen molar-refractivity contribution in [2.75, 3.05) is 13.2 Å². The fraction of sp³-hybridized carbons (Fsp3) is 0.385. The largest absolute Gasteiger partial charge is 0.480 e. The Kier molecular flexibility index (Phi) is 4.67. The second kappa shape index (κ2) is 6.47. The number of ether oxygens (including phenoxy) is 1. The molecule has 1 aliphatic heterocycles. The Morgan fingerprint density at radius 1 is 1.45 bits per heavy atom. The number of benzene rings is 1.